The Morgan fingerprint density at radius 2 is 2.20 bits per heavy atom. The Kier molecular flexibility index (Phi) is 4.09. The summed E-state index contributed by atoms with van der Waals surface area (Å²) in [6.45, 7) is 5.74. The third-order valence-corrected chi connectivity index (χ3v) is 3.28. The van der Waals surface area contributed by atoms with Crippen LogP contribution in [0.15, 0.2) is 22.6 Å². The van der Waals surface area contributed by atoms with Gasteiger partial charge >= 0.3 is 0 Å². The second kappa shape index (κ2) is 5.63. The van der Waals surface area contributed by atoms with Crippen LogP contribution in [0.3, 0.4) is 0 Å². The summed E-state index contributed by atoms with van der Waals surface area (Å²) in [4.78, 5) is 16.5. The Hall–Kier alpha value is -1.88. The van der Waals surface area contributed by atoms with Crippen LogP contribution in [0.25, 0.3) is 11.1 Å². The van der Waals surface area contributed by atoms with E-state index < -0.39 is 5.54 Å². The highest BCUT2D eigenvalue weighted by Gasteiger charge is 2.27. The Bertz CT molecular complexity index is 617. The first-order valence-electron chi connectivity index (χ1n) is 6.96. The Labute approximate surface area is 118 Å². The van der Waals surface area contributed by atoms with Crippen molar-refractivity contribution >= 4 is 22.7 Å². The summed E-state index contributed by atoms with van der Waals surface area (Å²) in [5.41, 5.74) is 7.31. The molecule has 20 heavy (non-hydrogen) atoms. The minimum absolute atomic E-state index is 0.182. The van der Waals surface area contributed by atoms with Gasteiger partial charge in [-0.1, -0.05) is 20.3 Å². The fraction of sp³-hybridized carbons (Fsp3) is 0.467. The maximum absolute atomic E-state index is 12.1. The number of nitrogens with two attached hydrogens (primary N) is 1. The fourth-order valence-electron chi connectivity index (χ4n) is 2.11. The fourth-order valence-corrected chi connectivity index (χ4v) is 2.11. The van der Waals surface area contributed by atoms with E-state index in [9.17, 15) is 4.79 Å². The normalized spacial score (nSPS) is 14.2. The van der Waals surface area contributed by atoms with Crippen LogP contribution < -0.4 is 11.1 Å². The van der Waals surface area contributed by atoms with Crippen LogP contribution in [0.4, 0.5) is 5.69 Å². The van der Waals surface area contributed by atoms with E-state index in [2.05, 4.69) is 10.3 Å². The molecule has 1 aromatic carbocycles. The van der Waals surface area contributed by atoms with Crippen LogP contribution >= 0.6 is 0 Å². The highest BCUT2D eigenvalue weighted by molar-refractivity contribution is 5.98. The van der Waals surface area contributed by atoms with Gasteiger partial charge in [-0.3, -0.25) is 4.79 Å². The molecule has 1 aromatic heterocycles. The van der Waals surface area contributed by atoms with E-state index in [4.69, 9.17) is 10.2 Å². The van der Waals surface area contributed by atoms with Gasteiger partial charge < -0.3 is 15.5 Å². The largest absolute Gasteiger partial charge is 0.441 e. The third-order valence-electron chi connectivity index (χ3n) is 3.28. The molecule has 2 aromatic rings. The monoisotopic (exact) mass is 275 g/mol. The van der Waals surface area contributed by atoms with Gasteiger partial charge in [0.05, 0.1) is 5.54 Å². The predicted octanol–water partition coefficient (Wildman–Crippen LogP) is 2.85. The second-order valence-corrected chi connectivity index (χ2v) is 5.27. The first-order valence-corrected chi connectivity index (χ1v) is 6.96. The van der Waals surface area contributed by atoms with E-state index in [0.717, 1.165) is 23.9 Å². The number of anilines is 1. The molecule has 5 heteroatoms. The zero-order valence-electron chi connectivity index (χ0n) is 12.2. The quantitative estimate of drug-likeness (QED) is 0.879. The number of carbonyl (C=O) groups is 1. The van der Waals surface area contributed by atoms with E-state index >= 15 is 0 Å². The molecular weight excluding hydrogens is 254 g/mol. The van der Waals surface area contributed by atoms with Gasteiger partial charge in [-0.15, -0.1) is 0 Å². The van der Waals surface area contributed by atoms with Crippen molar-refractivity contribution in [2.45, 2.75) is 45.6 Å². The summed E-state index contributed by atoms with van der Waals surface area (Å²) in [6.07, 6.45) is 2.25. The van der Waals surface area contributed by atoms with E-state index in [1.54, 1.807) is 19.1 Å². The molecule has 0 spiro atoms. The highest BCUT2D eigenvalue weighted by atomic mass is 16.3. The number of benzene rings is 1. The number of amides is 1. The van der Waals surface area contributed by atoms with Gasteiger partial charge in [0.2, 0.25) is 5.91 Å². The number of nitrogens with one attached hydrogen (secondary N) is 1. The van der Waals surface area contributed by atoms with E-state index in [1.807, 2.05) is 19.9 Å². The van der Waals surface area contributed by atoms with Crippen molar-refractivity contribution in [3.63, 3.8) is 0 Å². The summed E-state index contributed by atoms with van der Waals surface area (Å²) in [5, 5.41) is 2.84. The van der Waals surface area contributed by atoms with Crippen molar-refractivity contribution in [2.75, 3.05) is 5.32 Å². The molecule has 1 amide bonds. The third kappa shape index (κ3) is 2.99. The topological polar surface area (TPSA) is 81.2 Å². The van der Waals surface area contributed by atoms with Crippen LogP contribution in [0.2, 0.25) is 0 Å². The number of aryl methyl sites for hydroxylation is 1. The lowest BCUT2D eigenvalue weighted by atomic mass is 9.96. The number of hydrogen-bond acceptors (Lipinski definition) is 4. The molecule has 1 heterocycles. The molecule has 0 saturated heterocycles. The smallest absolute Gasteiger partial charge is 0.244 e. The predicted molar refractivity (Wildman–Crippen MR) is 79.5 cm³/mol. The average molecular weight is 275 g/mol. The highest BCUT2D eigenvalue weighted by Crippen LogP contribution is 2.21. The molecule has 0 radical (unpaired) electrons. The van der Waals surface area contributed by atoms with Crippen molar-refractivity contribution in [2.24, 2.45) is 5.73 Å². The van der Waals surface area contributed by atoms with Crippen molar-refractivity contribution in [1.82, 2.24) is 4.98 Å². The molecule has 0 saturated carbocycles. The molecule has 108 valence electrons. The summed E-state index contributed by atoms with van der Waals surface area (Å²) in [5.74, 6) is 0.510. The van der Waals surface area contributed by atoms with E-state index in [1.165, 1.54) is 0 Å². The molecule has 1 unspecified atom stereocenters. The van der Waals surface area contributed by atoms with E-state index in [0.29, 0.717) is 18.0 Å². The second-order valence-electron chi connectivity index (χ2n) is 5.27. The van der Waals surface area contributed by atoms with Gasteiger partial charge in [0.15, 0.2) is 11.5 Å². The van der Waals surface area contributed by atoms with Crippen molar-refractivity contribution in [1.29, 1.82) is 0 Å². The van der Waals surface area contributed by atoms with Crippen LogP contribution in [0, 0.1) is 0 Å². The van der Waals surface area contributed by atoms with Crippen LogP contribution in [-0.2, 0) is 11.2 Å². The van der Waals surface area contributed by atoms with E-state index in [-0.39, 0.29) is 5.91 Å². The lowest BCUT2D eigenvalue weighted by Gasteiger charge is -2.22. The maximum atomic E-state index is 12.1. The summed E-state index contributed by atoms with van der Waals surface area (Å²) < 4.78 is 5.53. The summed E-state index contributed by atoms with van der Waals surface area (Å²) in [6, 6.07) is 5.41. The zero-order chi connectivity index (χ0) is 14.8. The average Bonchev–Trinajstić information content (AvgIpc) is 2.80. The number of hydrogen-bond donors (Lipinski definition) is 2. The number of nitrogens with zero attached hydrogens (tertiary/aromatic N) is 1. The number of rotatable bonds is 5. The van der Waals surface area contributed by atoms with Crippen molar-refractivity contribution in [3.8, 4) is 0 Å². The summed E-state index contributed by atoms with van der Waals surface area (Å²) in [7, 11) is 0. The molecule has 0 aliphatic heterocycles. The zero-order valence-corrected chi connectivity index (χ0v) is 12.2. The Morgan fingerprint density at radius 3 is 2.85 bits per heavy atom. The number of oxazole rings is 1. The number of aromatic nitrogens is 1. The van der Waals surface area contributed by atoms with Crippen molar-refractivity contribution < 1.29 is 9.21 Å². The van der Waals surface area contributed by atoms with Gasteiger partial charge in [-0.05, 0) is 31.5 Å². The van der Waals surface area contributed by atoms with Gasteiger partial charge in [0.1, 0.15) is 5.52 Å². The number of carbonyl (C=O) groups excluding carboxylic acids is 1. The first-order chi connectivity index (χ1) is 9.46. The van der Waals surface area contributed by atoms with Crippen LogP contribution in [-0.4, -0.2) is 16.4 Å². The SMILES string of the molecule is CCCC(C)(N)C(=O)Nc1ccc2oc(CC)nc2c1. The Balaban J connectivity index is 2.19. The van der Waals surface area contributed by atoms with Gasteiger partial charge in [0, 0.05) is 12.1 Å². The molecule has 1 atom stereocenters. The van der Waals surface area contributed by atoms with Crippen LogP contribution in [0.5, 0.6) is 0 Å². The molecule has 0 fully saturated rings. The van der Waals surface area contributed by atoms with Gasteiger partial charge in [0.25, 0.3) is 0 Å². The molecule has 5 nitrogen and oxygen atoms in total. The molecular formula is C15H21N3O2. The van der Waals surface area contributed by atoms with Gasteiger partial charge in [-0.2, -0.15) is 0 Å². The maximum Gasteiger partial charge on any atom is 0.244 e. The standard InChI is InChI=1S/C15H21N3O2/c1-4-8-15(3,16)14(19)17-10-6-7-12-11(9-10)18-13(5-2)20-12/h6-7,9H,4-5,8,16H2,1-3H3,(H,17,19). The molecule has 0 aliphatic rings. The molecule has 0 bridgehead atoms. The minimum Gasteiger partial charge on any atom is -0.441 e. The van der Waals surface area contributed by atoms with Crippen LogP contribution in [0.1, 0.15) is 39.5 Å². The molecule has 3 N–H and O–H groups in total. The van der Waals surface area contributed by atoms with Crippen molar-refractivity contribution in [3.05, 3.63) is 24.1 Å². The summed E-state index contributed by atoms with van der Waals surface area (Å²) >= 11 is 0. The minimum atomic E-state index is -0.859. The Morgan fingerprint density at radius 1 is 1.45 bits per heavy atom. The lowest BCUT2D eigenvalue weighted by molar-refractivity contribution is -0.120. The van der Waals surface area contributed by atoms with Gasteiger partial charge in [-0.25, -0.2) is 4.98 Å². The molecule has 2 rings (SSSR count). The lowest BCUT2D eigenvalue weighted by Crippen LogP contribution is -2.48. The number of fused-ring (bicyclic) bond motifs is 1. The first kappa shape index (κ1) is 14.5. The molecule has 0 aliphatic carbocycles.